The quantitative estimate of drug-likeness (QED) is 0.497. The molecule has 0 aliphatic carbocycles. The second-order valence-electron chi connectivity index (χ2n) is 3.93. The number of likely N-dealkylation sites (N-methyl/N-ethyl adjacent to an activating group) is 1. The lowest BCUT2D eigenvalue weighted by Crippen LogP contribution is -2.48. The maximum absolute atomic E-state index is 11.7. The van der Waals surface area contributed by atoms with Crippen LogP contribution in [0.1, 0.15) is 23.7 Å². The Hall–Kier alpha value is -1.43. The molecule has 0 aromatic heterocycles. The minimum atomic E-state index is -0.139. The molecule has 0 radical (unpaired) electrons. The average Bonchev–Trinajstić information content (AvgIpc) is 2.35. The Morgan fingerprint density at radius 2 is 2.06 bits per heavy atom. The normalized spacial score (nSPS) is 12.5. The number of nitrogens with two attached hydrogens (primary N) is 1. The Balaban J connectivity index is 2.34. The number of benzene rings is 1. The van der Waals surface area contributed by atoms with Gasteiger partial charge in [-0.05, 0) is 18.6 Å². The molecular formula is C12H20N4O. The van der Waals surface area contributed by atoms with Gasteiger partial charge < -0.3 is 0 Å². The lowest BCUT2D eigenvalue weighted by atomic mass is 10.2. The second-order valence-corrected chi connectivity index (χ2v) is 3.93. The largest absolute Gasteiger partial charge is 0.287 e. The van der Waals surface area contributed by atoms with Crippen LogP contribution in [0.15, 0.2) is 30.3 Å². The van der Waals surface area contributed by atoms with Gasteiger partial charge in [0.1, 0.15) is 0 Å². The number of hydrogen-bond acceptors (Lipinski definition) is 4. The molecule has 4 N–H and O–H groups in total. The number of hydrazine groups is 2. The number of nitrogens with one attached hydrogen (secondary N) is 2. The molecule has 0 aliphatic rings. The minimum absolute atomic E-state index is 0.139. The highest BCUT2D eigenvalue weighted by Crippen LogP contribution is 1.97. The molecule has 1 amide bonds. The Labute approximate surface area is 102 Å². The van der Waals surface area contributed by atoms with Crippen molar-refractivity contribution in [3.8, 4) is 0 Å². The molecule has 0 saturated heterocycles. The molecule has 5 nitrogen and oxygen atoms in total. The molecule has 1 unspecified atom stereocenters. The van der Waals surface area contributed by atoms with Crippen LogP contribution in [0.5, 0.6) is 0 Å². The zero-order valence-corrected chi connectivity index (χ0v) is 10.3. The van der Waals surface area contributed by atoms with Gasteiger partial charge in [-0.2, -0.15) is 0 Å². The number of carbonyl (C=O) groups excluding carboxylic acids is 1. The number of hydrogen-bond donors (Lipinski definition) is 3. The van der Waals surface area contributed by atoms with Crippen LogP contribution in [0.3, 0.4) is 0 Å². The standard InChI is InChI=1S/C12H20N4O/c1-3-11(16(2)13)9-14-15-12(17)10-7-5-4-6-8-10/h4-8,11,14H,3,9,13H2,1-2H3,(H,15,17). The summed E-state index contributed by atoms with van der Waals surface area (Å²) in [5, 5.41) is 1.64. The van der Waals surface area contributed by atoms with Crippen LogP contribution < -0.4 is 16.7 Å². The van der Waals surface area contributed by atoms with Gasteiger partial charge in [0.2, 0.25) is 0 Å². The summed E-state index contributed by atoms with van der Waals surface area (Å²) in [5.74, 6) is 5.52. The molecular weight excluding hydrogens is 216 g/mol. The van der Waals surface area contributed by atoms with Gasteiger partial charge in [0, 0.05) is 25.2 Å². The summed E-state index contributed by atoms with van der Waals surface area (Å²) in [6, 6.07) is 9.27. The maximum Gasteiger partial charge on any atom is 0.265 e. The van der Waals surface area contributed by atoms with Gasteiger partial charge in [-0.3, -0.25) is 16.1 Å². The highest BCUT2D eigenvalue weighted by molar-refractivity contribution is 5.93. The molecule has 0 fully saturated rings. The first kappa shape index (κ1) is 13.6. The zero-order valence-electron chi connectivity index (χ0n) is 10.3. The van der Waals surface area contributed by atoms with Gasteiger partial charge in [0.15, 0.2) is 0 Å². The fraction of sp³-hybridized carbons (Fsp3) is 0.417. The number of carbonyl (C=O) groups is 1. The molecule has 0 heterocycles. The first-order chi connectivity index (χ1) is 8.15. The molecule has 0 saturated carbocycles. The van der Waals surface area contributed by atoms with E-state index in [1.807, 2.05) is 25.2 Å². The monoisotopic (exact) mass is 236 g/mol. The molecule has 5 heteroatoms. The van der Waals surface area contributed by atoms with Crippen molar-refractivity contribution in [2.75, 3.05) is 13.6 Å². The van der Waals surface area contributed by atoms with Crippen molar-refractivity contribution in [1.29, 1.82) is 0 Å². The van der Waals surface area contributed by atoms with E-state index in [0.717, 1.165) is 6.42 Å². The number of nitrogens with zero attached hydrogens (tertiary/aromatic N) is 1. The van der Waals surface area contributed by atoms with E-state index >= 15 is 0 Å². The van der Waals surface area contributed by atoms with Crippen LogP contribution in [-0.2, 0) is 0 Å². The molecule has 0 bridgehead atoms. The topological polar surface area (TPSA) is 70.4 Å². The van der Waals surface area contributed by atoms with Crippen molar-refractivity contribution in [2.24, 2.45) is 5.84 Å². The molecule has 0 spiro atoms. The SMILES string of the molecule is CCC(CNNC(=O)c1ccccc1)N(C)N. The summed E-state index contributed by atoms with van der Waals surface area (Å²) in [6.45, 7) is 2.66. The molecule has 1 aromatic rings. The lowest BCUT2D eigenvalue weighted by molar-refractivity contribution is 0.0925. The predicted octanol–water partition coefficient (Wildman–Crippen LogP) is 0.505. The third-order valence-corrected chi connectivity index (χ3v) is 2.62. The Bertz CT molecular complexity index is 340. The Morgan fingerprint density at radius 1 is 1.41 bits per heavy atom. The predicted molar refractivity (Wildman–Crippen MR) is 67.9 cm³/mol. The Kier molecular flexibility index (Phi) is 5.62. The van der Waals surface area contributed by atoms with Gasteiger partial charge in [0.05, 0.1) is 0 Å². The number of rotatable bonds is 6. The molecule has 1 atom stereocenters. The molecule has 1 rings (SSSR count). The van der Waals surface area contributed by atoms with E-state index in [0.29, 0.717) is 12.1 Å². The van der Waals surface area contributed by atoms with Gasteiger partial charge in [-0.15, -0.1) is 0 Å². The molecule has 0 aliphatic heterocycles. The summed E-state index contributed by atoms with van der Waals surface area (Å²) >= 11 is 0. The Morgan fingerprint density at radius 3 is 2.59 bits per heavy atom. The van der Waals surface area contributed by atoms with Crippen LogP contribution in [0.25, 0.3) is 0 Å². The fourth-order valence-electron chi connectivity index (χ4n) is 1.49. The highest BCUT2D eigenvalue weighted by Gasteiger charge is 2.09. The van der Waals surface area contributed by atoms with Gasteiger partial charge in [0.25, 0.3) is 5.91 Å². The summed E-state index contributed by atoms with van der Waals surface area (Å²) < 4.78 is 0. The molecule has 17 heavy (non-hydrogen) atoms. The first-order valence-corrected chi connectivity index (χ1v) is 5.71. The maximum atomic E-state index is 11.7. The van der Waals surface area contributed by atoms with E-state index in [2.05, 4.69) is 17.8 Å². The highest BCUT2D eigenvalue weighted by atomic mass is 16.2. The van der Waals surface area contributed by atoms with Crippen LogP contribution in [0.2, 0.25) is 0 Å². The van der Waals surface area contributed by atoms with E-state index in [9.17, 15) is 4.79 Å². The fourth-order valence-corrected chi connectivity index (χ4v) is 1.49. The van der Waals surface area contributed by atoms with Crippen LogP contribution in [0.4, 0.5) is 0 Å². The van der Waals surface area contributed by atoms with Crippen molar-refractivity contribution >= 4 is 5.91 Å². The smallest absolute Gasteiger partial charge is 0.265 e. The summed E-state index contributed by atoms with van der Waals surface area (Å²) in [7, 11) is 1.81. The average molecular weight is 236 g/mol. The summed E-state index contributed by atoms with van der Waals surface area (Å²) in [6.07, 6.45) is 0.918. The van der Waals surface area contributed by atoms with Crippen molar-refractivity contribution in [3.63, 3.8) is 0 Å². The van der Waals surface area contributed by atoms with E-state index < -0.39 is 0 Å². The van der Waals surface area contributed by atoms with Crippen LogP contribution >= 0.6 is 0 Å². The van der Waals surface area contributed by atoms with Gasteiger partial charge in [-0.1, -0.05) is 25.1 Å². The van der Waals surface area contributed by atoms with Gasteiger partial charge >= 0.3 is 0 Å². The van der Waals surface area contributed by atoms with Crippen molar-refractivity contribution < 1.29 is 4.79 Å². The van der Waals surface area contributed by atoms with Crippen molar-refractivity contribution in [1.82, 2.24) is 15.9 Å². The zero-order chi connectivity index (χ0) is 12.7. The van der Waals surface area contributed by atoms with E-state index in [-0.39, 0.29) is 11.9 Å². The van der Waals surface area contributed by atoms with Crippen molar-refractivity contribution in [2.45, 2.75) is 19.4 Å². The van der Waals surface area contributed by atoms with E-state index in [1.165, 1.54) is 0 Å². The summed E-state index contributed by atoms with van der Waals surface area (Å²) in [5.41, 5.74) is 6.18. The van der Waals surface area contributed by atoms with Crippen LogP contribution in [0, 0.1) is 0 Å². The number of amides is 1. The molecule has 1 aromatic carbocycles. The van der Waals surface area contributed by atoms with Gasteiger partial charge in [-0.25, -0.2) is 10.4 Å². The van der Waals surface area contributed by atoms with Crippen LogP contribution in [-0.4, -0.2) is 30.6 Å². The summed E-state index contributed by atoms with van der Waals surface area (Å²) in [4.78, 5) is 11.7. The third kappa shape index (κ3) is 4.52. The third-order valence-electron chi connectivity index (χ3n) is 2.62. The molecule has 94 valence electrons. The minimum Gasteiger partial charge on any atom is -0.287 e. The van der Waals surface area contributed by atoms with Crippen molar-refractivity contribution in [3.05, 3.63) is 35.9 Å². The van der Waals surface area contributed by atoms with E-state index in [4.69, 9.17) is 5.84 Å². The first-order valence-electron chi connectivity index (χ1n) is 5.71. The second kappa shape index (κ2) is 7.01. The lowest BCUT2D eigenvalue weighted by Gasteiger charge is -2.22. The van der Waals surface area contributed by atoms with E-state index in [1.54, 1.807) is 17.1 Å².